The van der Waals surface area contributed by atoms with E-state index in [2.05, 4.69) is 15.3 Å². The van der Waals surface area contributed by atoms with Gasteiger partial charge in [0.25, 0.3) is 5.91 Å². The molecule has 0 spiro atoms. The summed E-state index contributed by atoms with van der Waals surface area (Å²) in [6.07, 6.45) is 0.688. The summed E-state index contributed by atoms with van der Waals surface area (Å²) >= 11 is 0. The average molecular weight is 366 g/mol. The van der Waals surface area contributed by atoms with Gasteiger partial charge in [-0.2, -0.15) is 0 Å². The van der Waals surface area contributed by atoms with Crippen LogP contribution in [0.15, 0.2) is 29.4 Å². The van der Waals surface area contributed by atoms with Gasteiger partial charge in [0.1, 0.15) is 0 Å². The van der Waals surface area contributed by atoms with Crippen molar-refractivity contribution in [3.63, 3.8) is 0 Å². The summed E-state index contributed by atoms with van der Waals surface area (Å²) in [6.45, 7) is 7.82. The SMILES string of the molecule is CCO[Si](CCCNC(=O)c1cccc(N=[N+]=[N-])c1)(OCC)OCC. The molecular weight excluding hydrogens is 340 g/mol. The molecule has 0 unspecified atom stereocenters. The molecule has 0 saturated heterocycles. The van der Waals surface area contributed by atoms with Crippen molar-refractivity contribution in [3.05, 3.63) is 40.3 Å². The van der Waals surface area contributed by atoms with Gasteiger partial charge in [0, 0.05) is 48.6 Å². The highest BCUT2D eigenvalue weighted by molar-refractivity contribution is 6.60. The summed E-state index contributed by atoms with van der Waals surface area (Å²) in [6, 6.07) is 7.18. The van der Waals surface area contributed by atoms with E-state index >= 15 is 0 Å². The normalized spacial score (nSPS) is 11.0. The van der Waals surface area contributed by atoms with Gasteiger partial charge in [-0.05, 0) is 44.9 Å². The molecule has 0 fully saturated rings. The third kappa shape index (κ3) is 7.25. The molecule has 0 bridgehead atoms. The molecule has 1 amide bonds. The second-order valence-electron chi connectivity index (χ2n) is 5.08. The molecule has 138 valence electrons. The molecule has 25 heavy (non-hydrogen) atoms. The lowest BCUT2D eigenvalue weighted by atomic mass is 10.2. The number of nitrogens with zero attached hydrogens (tertiary/aromatic N) is 3. The van der Waals surface area contributed by atoms with Crippen LogP contribution in [0, 0.1) is 0 Å². The van der Waals surface area contributed by atoms with Gasteiger partial charge < -0.3 is 18.6 Å². The number of rotatable bonds is 12. The molecule has 0 aromatic heterocycles. The Morgan fingerprint density at radius 1 is 1.20 bits per heavy atom. The molecule has 8 nitrogen and oxygen atoms in total. The molecule has 0 radical (unpaired) electrons. The number of azide groups is 1. The highest BCUT2D eigenvalue weighted by Crippen LogP contribution is 2.18. The van der Waals surface area contributed by atoms with Crippen LogP contribution in [-0.2, 0) is 13.3 Å². The standard InChI is InChI=1S/C16H26N4O4Si/c1-4-22-25(23-5-2,24-6-3)12-8-11-18-16(21)14-9-7-10-15(13-14)19-20-17/h7,9-10,13H,4-6,8,11-12H2,1-3H3,(H,18,21). The minimum absolute atomic E-state index is 0.216. The van der Waals surface area contributed by atoms with Crippen LogP contribution in [0.5, 0.6) is 0 Å². The monoisotopic (exact) mass is 366 g/mol. The lowest BCUT2D eigenvalue weighted by Crippen LogP contribution is -2.46. The van der Waals surface area contributed by atoms with Crippen molar-refractivity contribution < 1.29 is 18.1 Å². The minimum atomic E-state index is -2.67. The van der Waals surface area contributed by atoms with E-state index in [1.807, 2.05) is 20.8 Å². The van der Waals surface area contributed by atoms with Gasteiger partial charge in [0.2, 0.25) is 0 Å². The van der Waals surface area contributed by atoms with Gasteiger partial charge in [0.15, 0.2) is 0 Å². The van der Waals surface area contributed by atoms with E-state index in [0.29, 0.717) is 50.1 Å². The van der Waals surface area contributed by atoms with Crippen molar-refractivity contribution >= 4 is 20.4 Å². The quantitative estimate of drug-likeness (QED) is 0.200. The Labute approximate surface area is 149 Å². The average Bonchev–Trinajstić information content (AvgIpc) is 2.60. The second-order valence-corrected chi connectivity index (χ2v) is 7.81. The first-order valence-corrected chi connectivity index (χ1v) is 10.4. The van der Waals surface area contributed by atoms with Gasteiger partial charge in [-0.25, -0.2) is 0 Å². The van der Waals surface area contributed by atoms with Crippen molar-refractivity contribution in [2.24, 2.45) is 5.11 Å². The van der Waals surface area contributed by atoms with E-state index in [0.717, 1.165) is 0 Å². The van der Waals surface area contributed by atoms with Crippen LogP contribution in [0.3, 0.4) is 0 Å². The van der Waals surface area contributed by atoms with E-state index in [1.165, 1.54) is 0 Å². The Morgan fingerprint density at radius 3 is 2.40 bits per heavy atom. The first-order chi connectivity index (χ1) is 12.1. The number of hydrogen-bond acceptors (Lipinski definition) is 5. The van der Waals surface area contributed by atoms with Crippen LogP contribution in [0.1, 0.15) is 37.6 Å². The summed E-state index contributed by atoms with van der Waals surface area (Å²) in [5.74, 6) is -0.216. The van der Waals surface area contributed by atoms with Crippen LogP contribution in [0.4, 0.5) is 5.69 Å². The number of benzene rings is 1. The predicted octanol–water partition coefficient (Wildman–Crippen LogP) is 3.80. The molecule has 0 aliphatic carbocycles. The molecule has 1 aromatic rings. The van der Waals surface area contributed by atoms with E-state index < -0.39 is 8.80 Å². The molecule has 0 aliphatic rings. The van der Waals surface area contributed by atoms with Crippen molar-refractivity contribution in [3.8, 4) is 0 Å². The summed E-state index contributed by atoms with van der Waals surface area (Å²) in [4.78, 5) is 14.9. The Bertz CT molecular complexity index is 576. The Balaban J connectivity index is 2.55. The molecule has 1 N–H and O–H groups in total. The summed E-state index contributed by atoms with van der Waals surface area (Å²) in [7, 11) is -2.67. The number of amides is 1. The van der Waals surface area contributed by atoms with E-state index in [9.17, 15) is 4.79 Å². The van der Waals surface area contributed by atoms with E-state index in [1.54, 1.807) is 24.3 Å². The second kappa shape index (κ2) is 11.6. The maximum Gasteiger partial charge on any atom is 0.500 e. The first kappa shape index (κ1) is 21.1. The largest absolute Gasteiger partial charge is 0.500 e. The predicted molar refractivity (Wildman–Crippen MR) is 97.6 cm³/mol. The zero-order chi connectivity index (χ0) is 18.5. The number of hydrogen-bond donors (Lipinski definition) is 1. The van der Waals surface area contributed by atoms with Crippen molar-refractivity contribution in [2.75, 3.05) is 26.4 Å². The van der Waals surface area contributed by atoms with Crippen molar-refractivity contribution in [2.45, 2.75) is 33.2 Å². The third-order valence-electron chi connectivity index (χ3n) is 3.31. The number of carbonyl (C=O) groups is 1. The fourth-order valence-electron chi connectivity index (χ4n) is 2.37. The fourth-order valence-corrected chi connectivity index (χ4v) is 4.98. The maximum atomic E-state index is 12.2. The zero-order valence-electron chi connectivity index (χ0n) is 15.0. The number of carbonyl (C=O) groups excluding carboxylic acids is 1. The van der Waals surface area contributed by atoms with Crippen LogP contribution < -0.4 is 5.32 Å². The van der Waals surface area contributed by atoms with Crippen molar-refractivity contribution in [1.29, 1.82) is 0 Å². The fraction of sp³-hybridized carbons (Fsp3) is 0.562. The smallest absolute Gasteiger partial charge is 0.374 e. The highest BCUT2D eigenvalue weighted by atomic mass is 28.4. The summed E-state index contributed by atoms with van der Waals surface area (Å²) < 4.78 is 17.3. The highest BCUT2D eigenvalue weighted by Gasteiger charge is 2.39. The van der Waals surface area contributed by atoms with Crippen LogP contribution >= 0.6 is 0 Å². The topological polar surface area (TPSA) is 106 Å². The van der Waals surface area contributed by atoms with E-state index in [-0.39, 0.29) is 5.91 Å². The Morgan fingerprint density at radius 2 is 1.84 bits per heavy atom. The van der Waals surface area contributed by atoms with E-state index in [4.69, 9.17) is 18.8 Å². The molecule has 0 saturated carbocycles. The molecular formula is C16H26N4O4Si. The lowest BCUT2D eigenvalue weighted by Gasteiger charge is -2.28. The third-order valence-corrected chi connectivity index (χ3v) is 6.46. The summed E-state index contributed by atoms with van der Waals surface area (Å²) in [5, 5.41) is 6.35. The van der Waals surface area contributed by atoms with Gasteiger partial charge in [0.05, 0.1) is 0 Å². The molecule has 1 rings (SSSR count). The zero-order valence-corrected chi connectivity index (χ0v) is 16.0. The maximum absolute atomic E-state index is 12.2. The molecule has 0 heterocycles. The minimum Gasteiger partial charge on any atom is -0.374 e. The summed E-state index contributed by atoms with van der Waals surface area (Å²) in [5.41, 5.74) is 9.32. The molecule has 1 aromatic carbocycles. The first-order valence-electron chi connectivity index (χ1n) is 8.46. The van der Waals surface area contributed by atoms with Gasteiger partial charge in [-0.15, -0.1) is 0 Å². The van der Waals surface area contributed by atoms with Crippen LogP contribution in [0.25, 0.3) is 10.4 Å². The molecule has 9 heteroatoms. The number of nitrogens with one attached hydrogen (secondary N) is 1. The van der Waals surface area contributed by atoms with Crippen molar-refractivity contribution in [1.82, 2.24) is 5.32 Å². The molecule has 0 aliphatic heterocycles. The molecule has 0 atom stereocenters. The Kier molecular flexibility index (Phi) is 9.82. The van der Waals surface area contributed by atoms with Gasteiger partial charge >= 0.3 is 8.80 Å². The Hall–Kier alpha value is -1.90. The lowest BCUT2D eigenvalue weighted by molar-refractivity contribution is 0.0705. The van der Waals surface area contributed by atoms with Crippen LogP contribution in [0.2, 0.25) is 6.04 Å². The van der Waals surface area contributed by atoms with Crippen LogP contribution in [-0.4, -0.2) is 41.1 Å². The van der Waals surface area contributed by atoms with Gasteiger partial charge in [-0.3, -0.25) is 4.79 Å². The van der Waals surface area contributed by atoms with Gasteiger partial charge in [-0.1, -0.05) is 17.2 Å².